The maximum Gasteiger partial charge on any atom is 0.271 e. The van der Waals surface area contributed by atoms with E-state index >= 15 is 0 Å². The van der Waals surface area contributed by atoms with Crippen LogP contribution < -0.4 is 10.2 Å². The van der Waals surface area contributed by atoms with Gasteiger partial charge in [-0.15, -0.1) is 0 Å². The number of anilines is 1. The van der Waals surface area contributed by atoms with Gasteiger partial charge in [0.15, 0.2) is 9.84 Å². The Balaban J connectivity index is 1.77. The zero-order valence-corrected chi connectivity index (χ0v) is 16.1. The number of amides is 1. The van der Waals surface area contributed by atoms with Crippen LogP contribution in [0.15, 0.2) is 41.4 Å². The maximum absolute atomic E-state index is 12.5. The Bertz CT molecular complexity index is 1020. The number of nitrogens with zero attached hydrogens (tertiary/aromatic N) is 3. The molecular weight excluding hydrogens is 384 g/mol. The lowest BCUT2D eigenvalue weighted by Crippen LogP contribution is -2.24. The van der Waals surface area contributed by atoms with E-state index in [0.29, 0.717) is 0 Å². The highest BCUT2D eigenvalue weighted by Crippen LogP contribution is 2.21. The molecule has 28 heavy (non-hydrogen) atoms. The molecular formula is C18H20N4O5S. The Kier molecular flexibility index (Phi) is 5.59. The second kappa shape index (κ2) is 7.93. The third kappa shape index (κ3) is 4.63. The van der Waals surface area contributed by atoms with Gasteiger partial charge in [-0.2, -0.15) is 0 Å². The lowest BCUT2D eigenvalue weighted by Gasteiger charge is -2.17. The number of rotatable bonds is 6. The van der Waals surface area contributed by atoms with Gasteiger partial charge in [-0.1, -0.05) is 0 Å². The normalized spacial score (nSPS) is 14.1. The quantitative estimate of drug-likeness (QED) is 0.576. The van der Waals surface area contributed by atoms with E-state index in [0.717, 1.165) is 61.8 Å². The van der Waals surface area contributed by atoms with Crippen LogP contribution in [-0.2, 0) is 16.4 Å². The van der Waals surface area contributed by atoms with Crippen molar-refractivity contribution in [1.82, 2.24) is 10.3 Å². The van der Waals surface area contributed by atoms with Gasteiger partial charge in [-0.3, -0.25) is 14.9 Å². The summed E-state index contributed by atoms with van der Waals surface area (Å²) in [6.07, 6.45) is 4.85. The molecule has 1 amide bonds. The second-order valence-corrected chi connectivity index (χ2v) is 8.66. The highest BCUT2D eigenvalue weighted by atomic mass is 32.2. The van der Waals surface area contributed by atoms with Crippen LogP contribution in [0.5, 0.6) is 0 Å². The number of nitro benzene ring substituents is 1. The third-order valence-electron chi connectivity index (χ3n) is 4.49. The summed E-state index contributed by atoms with van der Waals surface area (Å²) in [5.41, 5.74) is 0.302. The number of nitro groups is 1. The molecule has 0 saturated carbocycles. The number of carbonyl (C=O) groups is 1. The van der Waals surface area contributed by atoms with E-state index < -0.39 is 26.4 Å². The Labute approximate surface area is 162 Å². The average Bonchev–Trinajstić information content (AvgIpc) is 3.20. The summed E-state index contributed by atoms with van der Waals surface area (Å²) in [6.45, 7) is 2.09. The van der Waals surface area contributed by atoms with Crippen LogP contribution in [0, 0.1) is 10.1 Å². The fourth-order valence-electron chi connectivity index (χ4n) is 3.01. The molecule has 10 heteroatoms. The summed E-state index contributed by atoms with van der Waals surface area (Å²) >= 11 is 0. The van der Waals surface area contributed by atoms with Crippen molar-refractivity contribution in [3.8, 4) is 0 Å². The van der Waals surface area contributed by atoms with Crippen LogP contribution in [0.3, 0.4) is 0 Å². The zero-order valence-electron chi connectivity index (χ0n) is 15.3. The van der Waals surface area contributed by atoms with E-state index in [-0.39, 0.29) is 17.0 Å². The summed E-state index contributed by atoms with van der Waals surface area (Å²) in [4.78, 5) is 29.0. The number of carbonyl (C=O) groups excluding carboxylic acids is 1. The molecule has 1 aliphatic rings. The van der Waals surface area contributed by atoms with Crippen molar-refractivity contribution in [2.24, 2.45) is 0 Å². The Morgan fingerprint density at radius 3 is 2.61 bits per heavy atom. The monoisotopic (exact) mass is 404 g/mol. The number of non-ortho nitro benzene ring substituents is 1. The Hall–Kier alpha value is -3.01. The molecule has 148 valence electrons. The molecule has 2 heterocycles. The van der Waals surface area contributed by atoms with E-state index in [1.807, 2.05) is 6.07 Å². The average molecular weight is 404 g/mol. The molecule has 9 nitrogen and oxygen atoms in total. The van der Waals surface area contributed by atoms with E-state index in [4.69, 9.17) is 0 Å². The minimum Gasteiger partial charge on any atom is -0.357 e. The molecule has 1 saturated heterocycles. The van der Waals surface area contributed by atoms with Crippen molar-refractivity contribution in [1.29, 1.82) is 0 Å². The van der Waals surface area contributed by atoms with Gasteiger partial charge in [0, 0.05) is 49.8 Å². The molecule has 1 fully saturated rings. The molecule has 0 aliphatic carbocycles. The van der Waals surface area contributed by atoms with Crippen molar-refractivity contribution in [3.63, 3.8) is 0 Å². The fourth-order valence-corrected chi connectivity index (χ4v) is 3.68. The summed E-state index contributed by atoms with van der Waals surface area (Å²) in [5, 5.41) is 13.7. The van der Waals surface area contributed by atoms with Crippen molar-refractivity contribution in [2.75, 3.05) is 24.2 Å². The minimum atomic E-state index is -3.70. The number of pyridine rings is 1. The molecule has 1 N–H and O–H groups in total. The van der Waals surface area contributed by atoms with Crippen molar-refractivity contribution >= 4 is 27.2 Å². The molecule has 1 aromatic carbocycles. The van der Waals surface area contributed by atoms with Crippen LogP contribution >= 0.6 is 0 Å². The number of aromatic nitrogens is 1. The van der Waals surface area contributed by atoms with Crippen molar-refractivity contribution in [2.45, 2.75) is 24.3 Å². The predicted octanol–water partition coefficient (Wildman–Crippen LogP) is 1.92. The van der Waals surface area contributed by atoms with Gasteiger partial charge >= 0.3 is 0 Å². The molecule has 0 bridgehead atoms. The molecule has 1 aliphatic heterocycles. The highest BCUT2D eigenvalue weighted by molar-refractivity contribution is 7.90. The Morgan fingerprint density at radius 1 is 1.25 bits per heavy atom. The first-order valence-electron chi connectivity index (χ1n) is 8.71. The van der Waals surface area contributed by atoms with Crippen LogP contribution in [0.1, 0.15) is 28.8 Å². The molecule has 2 aromatic rings. The number of nitrogens with one attached hydrogen (secondary N) is 1. The van der Waals surface area contributed by atoms with E-state index in [1.165, 1.54) is 0 Å². The van der Waals surface area contributed by atoms with E-state index in [2.05, 4.69) is 15.2 Å². The molecule has 1 aromatic heterocycles. The molecule has 0 atom stereocenters. The third-order valence-corrected chi connectivity index (χ3v) is 5.58. The Morgan fingerprint density at radius 2 is 1.96 bits per heavy atom. The van der Waals surface area contributed by atoms with Crippen molar-refractivity contribution < 1.29 is 18.1 Å². The maximum atomic E-state index is 12.5. The van der Waals surface area contributed by atoms with Crippen LogP contribution in [0.2, 0.25) is 0 Å². The first kappa shape index (κ1) is 19.7. The fraction of sp³-hybridized carbons (Fsp3) is 0.333. The summed E-state index contributed by atoms with van der Waals surface area (Å²) in [7, 11) is -3.70. The number of hydrogen-bond donors (Lipinski definition) is 1. The van der Waals surface area contributed by atoms with Crippen molar-refractivity contribution in [3.05, 3.63) is 57.8 Å². The smallest absolute Gasteiger partial charge is 0.271 e. The first-order chi connectivity index (χ1) is 13.2. The van der Waals surface area contributed by atoms with Gasteiger partial charge in [0.05, 0.1) is 9.82 Å². The lowest BCUT2D eigenvalue weighted by atomic mass is 10.2. The summed E-state index contributed by atoms with van der Waals surface area (Å²) < 4.78 is 23.5. The van der Waals surface area contributed by atoms with E-state index in [1.54, 1.807) is 12.3 Å². The minimum absolute atomic E-state index is 0.0801. The molecule has 3 rings (SSSR count). The molecule has 0 radical (unpaired) electrons. The largest absolute Gasteiger partial charge is 0.357 e. The molecule has 0 spiro atoms. The zero-order chi connectivity index (χ0) is 20.3. The van der Waals surface area contributed by atoms with Crippen LogP contribution in [-0.4, -0.2) is 43.6 Å². The van der Waals surface area contributed by atoms with Crippen LogP contribution in [0.4, 0.5) is 11.5 Å². The topological polar surface area (TPSA) is 123 Å². The first-order valence-corrected chi connectivity index (χ1v) is 10.6. The highest BCUT2D eigenvalue weighted by Gasteiger charge is 2.19. The van der Waals surface area contributed by atoms with E-state index in [9.17, 15) is 23.3 Å². The number of hydrogen-bond acceptors (Lipinski definition) is 7. The summed E-state index contributed by atoms with van der Waals surface area (Å²) in [5.74, 6) is 0.257. The van der Waals surface area contributed by atoms with Gasteiger partial charge in [-0.05, 0) is 36.6 Å². The second-order valence-electron chi connectivity index (χ2n) is 6.64. The number of sulfone groups is 1. The van der Waals surface area contributed by atoms with Gasteiger partial charge in [0.2, 0.25) is 0 Å². The predicted molar refractivity (Wildman–Crippen MR) is 103 cm³/mol. The molecule has 0 unspecified atom stereocenters. The standard InChI is InChI=1S/C18H20N4O5S/c1-28(26,27)16-10-14(9-15(11-16)22(24)25)18(23)20-12-13-4-5-19-17(8-13)21-6-2-3-7-21/h4-5,8-11H,2-3,6-7,12H2,1H3,(H,20,23). The number of benzene rings is 1. The SMILES string of the molecule is CS(=O)(=O)c1cc(C(=O)NCc2ccnc(N3CCCC3)c2)cc([N+](=O)[O-])c1. The van der Waals surface area contributed by atoms with Gasteiger partial charge in [0.1, 0.15) is 5.82 Å². The van der Waals surface area contributed by atoms with Gasteiger partial charge in [0.25, 0.3) is 11.6 Å². The lowest BCUT2D eigenvalue weighted by molar-refractivity contribution is -0.385. The van der Waals surface area contributed by atoms with Gasteiger partial charge in [-0.25, -0.2) is 13.4 Å². The summed E-state index contributed by atoms with van der Waals surface area (Å²) in [6, 6.07) is 6.81. The van der Waals surface area contributed by atoms with Crippen LogP contribution in [0.25, 0.3) is 0 Å². The van der Waals surface area contributed by atoms with Gasteiger partial charge < -0.3 is 10.2 Å².